The van der Waals surface area contributed by atoms with E-state index < -0.39 is 12.1 Å². The van der Waals surface area contributed by atoms with Gasteiger partial charge in [0.05, 0.1) is 25.4 Å². The summed E-state index contributed by atoms with van der Waals surface area (Å²) in [6, 6.07) is -0.542. The minimum absolute atomic E-state index is 0.000158. The number of ether oxygens (including phenoxy) is 1. The average molecular weight is 1120 g/mol. The Balaban J connectivity index is 3.39. The molecule has 0 aromatic carbocycles. The third-order valence-electron chi connectivity index (χ3n) is 16.6. The van der Waals surface area contributed by atoms with Gasteiger partial charge in [0, 0.05) is 12.8 Å². The predicted molar refractivity (Wildman–Crippen MR) is 352 cm³/mol. The molecule has 0 radical (unpaired) electrons. The van der Waals surface area contributed by atoms with Gasteiger partial charge in [-0.3, -0.25) is 9.59 Å². The highest BCUT2D eigenvalue weighted by molar-refractivity contribution is 5.76. The lowest BCUT2D eigenvalue weighted by molar-refractivity contribution is -0.143. The van der Waals surface area contributed by atoms with E-state index >= 15 is 0 Å². The molecule has 470 valence electrons. The Labute approximate surface area is 499 Å². The Hall–Kier alpha value is -2.18. The van der Waals surface area contributed by atoms with Crippen molar-refractivity contribution >= 4 is 11.9 Å². The Morgan fingerprint density at radius 1 is 0.350 bits per heavy atom. The highest BCUT2D eigenvalue weighted by atomic mass is 16.5. The van der Waals surface area contributed by atoms with Gasteiger partial charge in [0.2, 0.25) is 5.91 Å². The van der Waals surface area contributed by atoms with Gasteiger partial charge in [-0.25, -0.2) is 0 Å². The highest BCUT2D eigenvalue weighted by Crippen LogP contribution is 2.18. The van der Waals surface area contributed by atoms with Crippen LogP contribution in [-0.2, 0) is 14.3 Å². The molecular formula is C74H139NO5. The first-order valence-corrected chi connectivity index (χ1v) is 35.9. The number of aliphatic hydroxyl groups is 2. The fourth-order valence-corrected chi connectivity index (χ4v) is 11.1. The van der Waals surface area contributed by atoms with Crippen LogP contribution in [0.1, 0.15) is 386 Å². The largest absolute Gasteiger partial charge is 0.466 e. The standard InChI is InChI=1S/C74H139NO5/c1-3-5-7-9-11-13-15-17-19-38-42-46-50-54-58-62-66-72(77)71(70-76)75-73(78)67-63-59-55-51-47-43-39-36-34-32-30-28-26-24-22-21-23-25-27-29-31-33-35-37-41-45-49-53-57-61-65-69-80-74(79)68-64-60-56-52-48-44-40-20-18-16-14-12-10-8-6-4-2/h14,16,20,23,25,29,31,40,71-72,76-77H,3-13,15,17-19,21-22,24,26-28,30,32-39,41-70H2,1-2H3,(H,75,78)/b16-14-,25-23-,31-29-,40-20-. The molecule has 0 aliphatic carbocycles. The molecule has 6 heteroatoms. The van der Waals surface area contributed by atoms with Crippen molar-refractivity contribution in [3.8, 4) is 0 Å². The van der Waals surface area contributed by atoms with Crippen LogP contribution in [0, 0.1) is 0 Å². The molecular weight excluding hydrogens is 983 g/mol. The van der Waals surface area contributed by atoms with Crippen LogP contribution < -0.4 is 5.32 Å². The van der Waals surface area contributed by atoms with Crippen LogP contribution in [0.3, 0.4) is 0 Å². The van der Waals surface area contributed by atoms with E-state index in [-0.39, 0.29) is 18.5 Å². The number of rotatable bonds is 67. The van der Waals surface area contributed by atoms with E-state index in [9.17, 15) is 19.8 Å². The topological polar surface area (TPSA) is 95.9 Å². The van der Waals surface area contributed by atoms with Crippen LogP contribution in [-0.4, -0.2) is 47.4 Å². The van der Waals surface area contributed by atoms with Crippen molar-refractivity contribution < 1.29 is 24.5 Å². The molecule has 0 aliphatic heterocycles. The lowest BCUT2D eigenvalue weighted by Gasteiger charge is -2.22. The number of carbonyl (C=O) groups excluding carboxylic acids is 2. The zero-order valence-corrected chi connectivity index (χ0v) is 53.8. The fraction of sp³-hybridized carbons (Fsp3) is 0.865. The molecule has 0 fully saturated rings. The second-order valence-electron chi connectivity index (χ2n) is 24.6. The van der Waals surface area contributed by atoms with E-state index in [1.165, 1.54) is 295 Å². The van der Waals surface area contributed by atoms with E-state index in [2.05, 4.69) is 67.8 Å². The summed E-state index contributed by atoms with van der Waals surface area (Å²) in [5.41, 5.74) is 0. The van der Waals surface area contributed by atoms with Crippen molar-refractivity contribution in [2.24, 2.45) is 0 Å². The maximum atomic E-state index is 12.5. The van der Waals surface area contributed by atoms with Crippen LogP contribution >= 0.6 is 0 Å². The van der Waals surface area contributed by atoms with Crippen LogP contribution in [0.2, 0.25) is 0 Å². The molecule has 6 nitrogen and oxygen atoms in total. The molecule has 0 saturated heterocycles. The number of esters is 1. The Morgan fingerprint density at radius 2 is 0.625 bits per heavy atom. The van der Waals surface area contributed by atoms with Crippen molar-refractivity contribution in [2.45, 2.75) is 398 Å². The third kappa shape index (κ3) is 65.0. The number of amides is 1. The third-order valence-corrected chi connectivity index (χ3v) is 16.6. The van der Waals surface area contributed by atoms with E-state index in [1.54, 1.807) is 0 Å². The number of carbonyl (C=O) groups is 2. The Morgan fingerprint density at radius 3 is 0.963 bits per heavy atom. The average Bonchev–Trinajstić information content (AvgIpc) is 3.46. The normalized spacial score (nSPS) is 12.8. The first-order chi connectivity index (χ1) is 39.5. The Kier molecular flexibility index (Phi) is 67.4. The van der Waals surface area contributed by atoms with Gasteiger partial charge in [0.1, 0.15) is 0 Å². The lowest BCUT2D eigenvalue weighted by atomic mass is 10.0. The molecule has 0 aromatic rings. The van der Waals surface area contributed by atoms with Crippen molar-refractivity contribution in [3.05, 3.63) is 48.6 Å². The minimum Gasteiger partial charge on any atom is -0.466 e. The van der Waals surface area contributed by atoms with Gasteiger partial charge in [0.25, 0.3) is 0 Å². The van der Waals surface area contributed by atoms with Crippen molar-refractivity contribution in [1.29, 1.82) is 0 Å². The van der Waals surface area contributed by atoms with Gasteiger partial charge in [-0.2, -0.15) is 0 Å². The number of nitrogens with one attached hydrogen (secondary N) is 1. The number of unbranched alkanes of at least 4 members (excludes halogenated alkanes) is 48. The van der Waals surface area contributed by atoms with Crippen LogP contribution in [0.4, 0.5) is 0 Å². The molecule has 0 rings (SSSR count). The second kappa shape index (κ2) is 69.3. The summed E-state index contributed by atoms with van der Waals surface area (Å²) in [5, 5.41) is 23.4. The number of hydrogen-bond donors (Lipinski definition) is 3. The lowest BCUT2D eigenvalue weighted by Crippen LogP contribution is -2.45. The first kappa shape index (κ1) is 77.8. The summed E-state index contributed by atoms with van der Waals surface area (Å²) >= 11 is 0. The first-order valence-electron chi connectivity index (χ1n) is 35.9. The van der Waals surface area contributed by atoms with Gasteiger partial charge in [-0.05, 0) is 89.9 Å². The maximum Gasteiger partial charge on any atom is 0.305 e. The zero-order chi connectivity index (χ0) is 57.8. The number of allylic oxidation sites excluding steroid dienone is 8. The summed E-state index contributed by atoms with van der Waals surface area (Å²) in [7, 11) is 0. The Bertz CT molecular complexity index is 1340. The molecule has 0 spiro atoms. The molecule has 2 atom stereocenters. The van der Waals surface area contributed by atoms with Crippen molar-refractivity contribution in [3.63, 3.8) is 0 Å². The van der Waals surface area contributed by atoms with E-state index in [0.29, 0.717) is 25.9 Å². The van der Waals surface area contributed by atoms with Gasteiger partial charge in [-0.1, -0.05) is 332 Å². The number of hydrogen-bond acceptors (Lipinski definition) is 5. The maximum absolute atomic E-state index is 12.5. The summed E-state index contributed by atoms with van der Waals surface area (Å²) in [6.07, 6.45) is 90.2. The fourth-order valence-electron chi connectivity index (χ4n) is 11.1. The van der Waals surface area contributed by atoms with Gasteiger partial charge >= 0.3 is 5.97 Å². The minimum atomic E-state index is -0.665. The van der Waals surface area contributed by atoms with Crippen LogP contribution in [0.5, 0.6) is 0 Å². The molecule has 2 unspecified atom stereocenters. The highest BCUT2D eigenvalue weighted by Gasteiger charge is 2.20. The molecule has 1 amide bonds. The number of aliphatic hydroxyl groups excluding tert-OH is 2. The van der Waals surface area contributed by atoms with E-state index in [1.807, 2.05) is 0 Å². The molecule has 0 aromatic heterocycles. The summed E-state index contributed by atoms with van der Waals surface area (Å²) in [5.74, 6) is -0.0320. The van der Waals surface area contributed by atoms with Crippen molar-refractivity contribution in [2.75, 3.05) is 13.2 Å². The summed E-state index contributed by atoms with van der Waals surface area (Å²) in [4.78, 5) is 24.6. The smallest absolute Gasteiger partial charge is 0.305 e. The molecule has 0 bridgehead atoms. The zero-order valence-electron chi connectivity index (χ0n) is 53.8. The molecule has 0 aliphatic rings. The molecule has 0 heterocycles. The molecule has 80 heavy (non-hydrogen) atoms. The van der Waals surface area contributed by atoms with Crippen LogP contribution in [0.25, 0.3) is 0 Å². The summed E-state index contributed by atoms with van der Waals surface area (Å²) < 4.78 is 5.49. The monoisotopic (exact) mass is 1120 g/mol. The van der Waals surface area contributed by atoms with E-state index in [0.717, 1.165) is 57.8 Å². The quantitative estimate of drug-likeness (QED) is 0.0320. The van der Waals surface area contributed by atoms with Crippen molar-refractivity contribution in [1.82, 2.24) is 5.32 Å². The summed E-state index contributed by atoms with van der Waals surface area (Å²) in [6.45, 7) is 4.95. The van der Waals surface area contributed by atoms with Gasteiger partial charge < -0.3 is 20.3 Å². The van der Waals surface area contributed by atoms with Gasteiger partial charge in [-0.15, -0.1) is 0 Å². The second-order valence-corrected chi connectivity index (χ2v) is 24.6. The van der Waals surface area contributed by atoms with Crippen LogP contribution in [0.15, 0.2) is 48.6 Å². The van der Waals surface area contributed by atoms with E-state index in [4.69, 9.17) is 4.74 Å². The molecule has 0 saturated carbocycles. The predicted octanol–water partition coefficient (Wildman–Crippen LogP) is 23.3. The van der Waals surface area contributed by atoms with Gasteiger partial charge in [0.15, 0.2) is 0 Å². The SMILES string of the molecule is CCCCCC/C=C\C/C=C\CCCCCCCC(=O)OCCCCCCCCCCC/C=C\C/C=C\CCCCCCCCCCCCCCCCCC(=O)NC(CO)C(O)CCCCCCCCCCCCCCCCCC. The molecule has 3 N–H and O–H groups in total.